The second-order valence-corrected chi connectivity index (χ2v) is 8.10. The summed E-state index contributed by atoms with van der Waals surface area (Å²) < 4.78 is 11.4. The summed E-state index contributed by atoms with van der Waals surface area (Å²) in [6, 6.07) is -0.592. The van der Waals surface area contributed by atoms with E-state index >= 15 is 0 Å². The van der Waals surface area contributed by atoms with E-state index in [1.807, 2.05) is 11.8 Å². The fraction of sp³-hybridized carbons (Fsp3) is 0.895. The molecule has 0 aromatic carbocycles. The molecule has 25 heavy (non-hydrogen) atoms. The number of piperidine rings is 1. The molecule has 6 nitrogen and oxygen atoms in total. The van der Waals surface area contributed by atoms with Crippen LogP contribution in [0.25, 0.3) is 0 Å². The number of hydrogen-bond donors (Lipinski definition) is 1. The van der Waals surface area contributed by atoms with Gasteiger partial charge in [-0.05, 0) is 56.8 Å². The molecule has 0 radical (unpaired) electrons. The van der Waals surface area contributed by atoms with Gasteiger partial charge in [0.15, 0.2) is 0 Å². The summed E-state index contributed by atoms with van der Waals surface area (Å²) in [5, 5.41) is 2.82. The zero-order chi connectivity index (χ0) is 17.9. The summed E-state index contributed by atoms with van der Waals surface area (Å²) in [7, 11) is 0. The average Bonchev–Trinajstić information content (AvgIpc) is 3.37. The Hall–Kier alpha value is -1.14. The molecule has 1 spiro atoms. The molecular weight excluding hydrogens is 320 g/mol. The number of amides is 2. The SMILES string of the molecule is CC(=O)N[C@H](C(=O)N1CCC2(CC1)CC2)[C@@H](C)OCC1CCOCC1. The number of nitrogens with zero attached hydrogens (tertiary/aromatic N) is 1. The first-order chi connectivity index (χ1) is 12.0. The second kappa shape index (κ2) is 8.04. The number of rotatable bonds is 6. The van der Waals surface area contributed by atoms with Crippen LogP contribution in [0.4, 0.5) is 0 Å². The maximum Gasteiger partial charge on any atom is 0.247 e. The van der Waals surface area contributed by atoms with Crippen LogP contribution in [-0.2, 0) is 19.1 Å². The molecule has 1 saturated carbocycles. The van der Waals surface area contributed by atoms with Crippen molar-refractivity contribution in [3.63, 3.8) is 0 Å². The number of carbonyl (C=O) groups is 2. The topological polar surface area (TPSA) is 67.9 Å². The summed E-state index contributed by atoms with van der Waals surface area (Å²) in [6.07, 6.45) is 6.50. The van der Waals surface area contributed by atoms with E-state index in [4.69, 9.17) is 9.47 Å². The lowest BCUT2D eigenvalue weighted by Crippen LogP contribution is -2.55. The fourth-order valence-electron chi connectivity index (χ4n) is 3.97. The number of ether oxygens (including phenoxy) is 2. The van der Waals surface area contributed by atoms with E-state index in [2.05, 4.69) is 5.32 Å². The number of likely N-dealkylation sites (tertiary alicyclic amines) is 1. The van der Waals surface area contributed by atoms with Crippen LogP contribution in [0.15, 0.2) is 0 Å². The van der Waals surface area contributed by atoms with E-state index in [-0.39, 0.29) is 17.9 Å². The Morgan fingerprint density at radius 3 is 2.40 bits per heavy atom. The van der Waals surface area contributed by atoms with Gasteiger partial charge in [0.25, 0.3) is 0 Å². The Labute approximate surface area is 150 Å². The van der Waals surface area contributed by atoms with Crippen molar-refractivity contribution in [2.24, 2.45) is 11.3 Å². The Kier molecular flexibility index (Phi) is 6.00. The summed E-state index contributed by atoms with van der Waals surface area (Å²) in [6.45, 7) is 7.16. The van der Waals surface area contributed by atoms with Crippen molar-refractivity contribution in [3.8, 4) is 0 Å². The molecule has 0 unspecified atom stereocenters. The lowest BCUT2D eigenvalue weighted by atomic mass is 9.93. The lowest BCUT2D eigenvalue weighted by Gasteiger charge is -2.36. The predicted octanol–water partition coefficient (Wildman–Crippen LogP) is 1.73. The van der Waals surface area contributed by atoms with Gasteiger partial charge in [0.1, 0.15) is 6.04 Å². The second-order valence-electron chi connectivity index (χ2n) is 8.10. The molecule has 2 heterocycles. The van der Waals surface area contributed by atoms with Crippen molar-refractivity contribution >= 4 is 11.8 Å². The first kappa shape index (κ1) is 18.6. The Balaban J connectivity index is 1.53. The smallest absolute Gasteiger partial charge is 0.247 e. The highest BCUT2D eigenvalue weighted by molar-refractivity contribution is 5.87. The average molecular weight is 352 g/mol. The fourth-order valence-corrected chi connectivity index (χ4v) is 3.97. The molecule has 3 aliphatic rings. The zero-order valence-corrected chi connectivity index (χ0v) is 15.6. The highest BCUT2D eigenvalue weighted by atomic mass is 16.5. The van der Waals surface area contributed by atoms with E-state index in [1.165, 1.54) is 19.8 Å². The van der Waals surface area contributed by atoms with Crippen molar-refractivity contribution in [3.05, 3.63) is 0 Å². The third-order valence-electron chi connectivity index (χ3n) is 6.12. The Bertz CT molecular complexity index is 476. The number of carbonyl (C=O) groups excluding carboxylic acids is 2. The minimum absolute atomic E-state index is 0.00479. The van der Waals surface area contributed by atoms with E-state index in [0.717, 1.165) is 52.0 Å². The molecule has 2 saturated heterocycles. The predicted molar refractivity (Wildman–Crippen MR) is 94.0 cm³/mol. The maximum atomic E-state index is 13.0. The molecule has 142 valence electrons. The van der Waals surface area contributed by atoms with Crippen molar-refractivity contribution in [2.45, 2.75) is 64.5 Å². The van der Waals surface area contributed by atoms with Gasteiger partial charge in [-0.15, -0.1) is 0 Å². The minimum atomic E-state index is -0.592. The number of hydrogen-bond acceptors (Lipinski definition) is 4. The molecule has 0 aromatic rings. The van der Waals surface area contributed by atoms with Crippen molar-refractivity contribution < 1.29 is 19.1 Å². The molecule has 1 N–H and O–H groups in total. The van der Waals surface area contributed by atoms with E-state index in [1.54, 1.807) is 0 Å². The molecule has 1 aliphatic carbocycles. The van der Waals surface area contributed by atoms with Crippen LogP contribution in [-0.4, -0.2) is 61.8 Å². The van der Waals surface area contributed by atoms with Crippen LogP contribution < -0.4 is 5.32 Å². The quantitative estimate of drug-likeness (QED) is 0.790. The Morgan fingerprint density at radius 1 is 1.20 bits per heavy atom. The normalized spacial score (nSPS) is 25.4. The van der Waals surface area contributed by atoms with Gasteiger partial charge in [-0.1, -0.05) is 0 Å². The van der Waals surface area contributed by atoms with Crippen LogP contribution in [0.5, 0.6) is 0 Å². The van der Waals surface area contributed by atoms with Crippen molar-refractivity contribution in [1.29, 1.82) is 0 Å². The minimum Gasteiger partial charge on any atom is -0.381 e. The van der Waals surface area contributed by atoms with Crippen LogP contribution >= 0.6 is 0 Å². The highest BCUT2D eigenvalue weighted by Crippen LogP contribution is 2.53. The molecule has 0 aromatic heterocycles. The molecule has 3 rings (SSSR count). The summed E-state index contributed by atoms with van der Waals surface area (Å²) in [4.78, 5) is 26.5. The first-order valence-electron chi connectivity index (χ1n) is 9.74. The van der Waals surface area contributed by atoms with Crippen molar-refractivity contribution in [1.82, 2.24) is 10.2 Å². The third kappa shape index (κ3) is 4.94. The van der Waals surface area contributed by atoms with Gasteiger partial charge < -0.3 is 19.7 Å². The van der Waals surface area contributed by atoms with Gasteiger partial charge in [-0.25, -0.2) is 0 Å². The monoisotopic (exact) mass is 352 g/mol. The molecule has 3 fully saturated rings. The molecule has 6 heteroatoms. The zero-order valence-electron chi connectivity index (χ0n) is 15.6. The van der Waals surface area contributed by atoms with Crippen LogP contribution in [0, 0.1) is 11.3 Å². The summed E-state index contributed by atoms with van der Waals surface area (Å²) in [5.41, 5.74) is 0.533. The van der Waals surface area contributed by atoms with E-state index < -0.39 is 6.04 Å². The van der Waals surface area contributed by atoms with Gasteiger partial charge in [0.05, 0.1) is 12.7 Å². The number of nitrogens with one attached hydrogen (secondary N) is 1. The Morgan fingerprint density at radius 2 is 1.84 bits per heavy atom. The van der Waals surface area contributed by atoms with Gasteiger partial charge in [0.2, 0.25) is 11.8 Å². The van der Waals surface area contributed by atoms with E-state index in [9.17, 15) is 9.59 Å². The van der Waals surface area contributed by atoms with E-state index in [0.29, 0.717) is 17.9 Å². The molecular formula is C19H32N2O4. The molecule has 2 atom stereocenters. The van der Waals surface area contributed by atoms with Crippen LogP contribution in [0.2, 0.25) is 0 Å². The largest absolute Gasteiger partial charge is 0.381 e. The molecule has 2 aliphatic heterocycles. The van der Waals surface area contributed by atoms with Gasteiger partial charge in [-0.3, -0.25) is 9.59 Å². The van der Waals surface area contributed by atoms with Gasteiger partial charge in [0, 0.05) is 33.2 Å². The van der Waals surface area contributed by atoms with Crippen LogP contribution in [0.3, 0.4) is 0 Å². The highest BCUT2D eigenvalue weighted by Gasteiger charge is 2.46. The summed E-state index contributed by atoms with van der Waals surface area (Å²) >= 11 is 0. The third-order valence-corrected chi connectivity index (χ3v) is 6.12. The standard InChI is InChI=1S/C19H32N2O4/c1-14(25-13-16-3-11-24-12-4-16)17(20-15(2)22)18(23)21-9-7-19(5-6-19)8-10-21/h14,16-17H,3-13H2,1-2H3,(H,20,22)/t14-,17+/m1/s1. The van der Waals surface area contributed by atoms with Gasteiger partial charge >= 0.3 is 0 Å². The lowest BCUT2D eigenvalue weighted by molar-refractivity contribution is -0.142. The molecule has 0 bridgehead atoms. The molecule has 2 amide bonds. The summed E-state index contributed by atoms with van der Waals surface area (Å²) in [5.74, 6) is 0.301. The van der Waals surface area contributed by atoms with Crippen LogP contribution in [0.1, 0.15) is 52.4 Å². The maximum absolute atomic E-state index is 13.0. The first-order valence-corrected chi connectivity index (χ1v) is 9.74. The van der Waals surface area contributed by atoms with Crippen molar-refractivity contribution in [2.75, 3.05) is 32.9 Å². The van der Waals surface area contributed by atoms with Gasteiger partial charge in [-0.2, -0.15) is 0 Å².